The number of aliphatic imine (C=N–C) groups is 1. The van der Waals surface area contributed by atoms with Gasteiger partial charge in [0.05, 0.1) is 17.2 Å². The molecule has 6 heteroatoms. The van der Waals surface area contributed by atoms with Gasteiger partial charge in [0.1, 0.15) is 0 Å². The van der Waals surface area contributed by atoms with E-state index in [2.05, 4.69) is 64.8 Å². The third-order valence-corrected chi connectivity index (χ3v) is 4.56. The fourth-order valence-electron chi connectivity index (χ4n) is 2.36. The number of guanidine groups is 1. The van der Waals surface area contributed by atoms with E-state index in [1.807, 2.05) is 6.92 Å². The van der Waals surface area contributed by atoms with Gasteiger partial charge in [-0.2, -0.15) is 0 Å². The molecule has 0 atom stereocenters. The van der Waals surface area contributed by atoms with Crippen LogP contribution in [0.5, 0.6) is 0 Å². The molecule has 0 fully saturated rings. The lowest BCUT2D eigenvalue weighted by atomic mass is 10.1. The summed E-state index contributed by atoms with van der Waals surface area (Å²) in [7, 11) is 0. The first-order valence-electron chi connectivity index (χ1n) is 8.18. The summed E-state index contributed by atoms with van der Waals surface area (Å²) in [5, 5.41) is 7.82. The standard InChI is InChI=1S/C18H26N4S.HI/c1-4-19-18(21-13-17-14(2)22-15(3)23-17)20-12-8-11-16-9-6-5-7-10-16;/h5-7,9-10H,4,8,11-13H2,1-3H3,(H2,19,20,21);1H. The zero-order chi connectivity index (χ0) is 16.5. The minimum atomic E-state index is 0. The van der Waals surface area contributed by atoms with Crippen LogP contribution < -0.4 is 10.6 Å². The number of aryl methyl sites for hydroxylation is 3. The molecule has 1 aromatic heterocycles. The Morgan fingerprint density at radius 3 is 2.54 bits per heavy atom. The predicted octanol–water partition coefficient (Wildman–Crippen LogP) is 4.07. The van der Waals surface area contributed by atoms with Gasteiger partial charge in [-0.25, -0.2) is 9.98 Å². The summed E-state index contributed by atoms with van der Waals surface area (Å²) >= 11 is 1.73. The van der Waals surface area contributed by atoms with Gasteiger partial charge in [-0.05, 0) is 39.2 Å². The molecule has 0 radical (unpaired) electrons. The molecule has 4 nitrogen and oxygen atoms in total. The zero-order valence-electron chi connectivity index (χ0n) is 14.6. The van der Waals surface area contributed by atoms with Crippen molar-refractivity contribution in [1.29, 1.82) is 0 Å². The smallest absolute Gasteiger partial charge is 0.191 e. The largest absolute Gasteiger partial charge is 0.357 e. The van der Waals surface area contributed by atoms with Crippen molar-refractivity contribution >= 4 is 41.3 Å². The number of nitrogens with one attached hydrogen (secondary N) is 2. The molecule has 2 N–H and O–H groups in total. The van der Waals surface area contributed by atoms with Gasteiger partial charge in [-0.1, -0.05) is 30.3 Å². The molecule has 2 aromatic rings. The Balaban J connectivity index is 0.00000288. The Bertz CT molecular complexity index is 625. The molecule has 0 saturated carbocycles. The molecule has 132 valence electrons. The van der Waals surface area contributed by atoms with Crippen molar-refractivity contribution in [2.24, 2.45) is 4.99 Å². The first-order valence-corrected chi connectivity index (χ1v) is 8.99. The summed E-state index contributed by atoms with van der Waals surface area (Å²) in [4.78, 5) is 10.4. The van der Waals surface area contributed by atoms with Crippen LogP contribution in [-0.2, 0) is 13.0 Å². The second-order valence-electron chi connectivity index (χ2n) is 5.45. The van der Waals surface area contributed by atoms with Crippen LogP contribution in [0.3, 0.4) is 0 Å². The van der Waals surface area contributed by atoms with Gasteiger partial charge in [-0.15, -0.1) is 35.3 Å². The van der Waals surface area contributed by atoms with Crippen molar-refractivity contribution in [1.82, 2.24) is 15.6 Å². The molecule has 0 aliphatic rings. The average Bonchev–Trinajstić information content (AvgIpc) is 2.87. The molecule has 0 bridgehead atoms. The minimum Gasteiger partial charge on any atom is -0.357 e. The Kier molecular flexibility index (Phi) is 9.94. The number of halogens is 1. The lowest BCUT2D eigenvalue weighted by Crippen LogP contribution is -2.37. The van der Waals surface area contributed by atoms with E-state index in [0.29, 0.717) is 6.54 Å². The van der Waals surface area contributed by atoms with Gasteiger partial charge < -0.3 is 10.6 Å². The van der Waals surface area contributed by atoms with Gasteiger partial charge >= 0.3 is 0 Å². The third kappa shape index (κ3) is 7.17. The van der Waals surface area contributed by atoms with E-state index < -0.39 is 0 Å². The third-order valence-electron chi connectivity index (χ3n) is 3.50. The van der Waals surface area contributed by atoms with Crippen LogP contribution in [0.4, 0.5) is 0 Å². The molecule has 0 amide bonds. The topological polar surface area (TPSA) is 49.3 Å². The molecular weight excluding hydrogens is 431 g/mol. The molecule has 1 heterocycles. The molecule has 0 saturated heterocycles. The van der Waals surface area contributed by atoms with Crippen LogP contribution in [0.15, 0.2) is 35.3 Å². The maximum absolute atomic E-state index is 4.67. The van der Waals surface area contributed by atoms with E-state index in [-0.39, 0.29) is 24.0 Å². The summed E-state index contributed by atoms with van der Waals surface area (Å²) < 4.78 is 0. The number of hydrogen-bond donors (Lipinski definition) is 2. The molecular formula is C18H27IN4S. The monoisotopic (exact) mass is 458 g/mol. The first-order chi connectivity index (χ1) is 11.2. The zero-order valence-corrected chi connectivity index (χ0v) is 17.8. The number of thiazole rings is 1. The van der Waals surface area contributed by atoms with Crippen LogP contribution in [0.25, 0.3) is 0 Å². The lowest BCUT2D eigenvalue weighted by molar-refractivity contribution is 0.744. The maximum atomic E-state index is 4.67. The number of hydrogen-bond acceptors (Lipinski definition) is 3. The molecule has 24 heavy (non-hydrogen) atoms. The van der Waals surface area contributed by atoms with Gasteiger partial charge in [0.2, 0.25) is 0 Å². The summed E-state index contributed by atoms with van der Waals surface area (Å²) in [6, 6.07) is 10.6. The van der Waals surface area contributed by atoms with Crippen LogP contribution in [0, 0.1) is 13.8 Å². The van der Waals surface area contributed by atoms with E-state index >= 15 is 0 Å². The Morgan fingerprint density at radius 1 is 1.17 bits per heavy atom. The van der Waals surface area contributed by atoms with Gasteiger partial charge in [0.25, 0.3) is 0 Å². The van der Waals surface area contributed by atoms with Crippen molar-refractivity contribution in [2.45, 2.75) is 40.2 Å². The summed E-state index contributed by atoms with van der Waals surface area (Å²) in [6.45, 7) is 8.65. The van der Waals surface area contributed by atoms with Crippen molar-refractivity contribution in [3.63, 3.8) is 0 Å². The first kappa shape index (κ1) is 20.9. The molecule has 0 aliphatic heterocycles. The predicted molar refractivity (Wildman–Crippen MR) is 115 cm³/mol. The van der Waals surface area contributed by atoms with Gasteiger partial charge in [0, 0.05) is 18.0 Å². The summed E-state index contributed by atoms with van der Waals surface area (Å²) in [5.74, 6) is 0.881. The maximum Gasteiger partial charge on any atom is 0.191 e. The molecule has 1 aromatic carbocycles. The van der Waals surface area contributed by atoms with E-state index in [0.717, 1.165) is 42.6 Å². The van der Waals surface area contributed by atoms with Gasteiger partial charge in [-0.3, -0.25) is 0 Å². The highest BCUT2D eigenvalue weighted by Crippen LogP contribution is 2.17. The van der Waals surface area contributed by atoms with Crippen LogP contribution >= 0.6 is 35.3 Å². The number of aromatic nitrogens is 1. The SMILES string of the molecule is CCNC(=NCc1sc(C)nc1C)NCCCc1ccccc1.I. The quantitative estimate of drug-likeness (QED) is 0.285. The fraction of sp³-hybridized carbons (Fsp3) is 0.444. The fourth-order valence-corrected chi connectivity index (χ4v) is 3.22. The van der Waals surface area contributed by atoms with Gasteiger partial charge in [0.15, 0.2) is 5.96 Å². The Labute approximate surface area is 166 Å². The molecule has 0 aliphatic carbocycles. The van der Waals surface area contributed by atoms with Crippen molar-refractivity contribution in [2.75, 3.05) is 13.1 Å². The second kappa shape index (κ2) is 11.4. The molecule has 0 spiro atoms. The average molecular weight is 458 g/mol. The van der Waals surface area contributed by atoms with E-state index in [1.54, 1.807) is 11.3 Å². The Hall–Kier alpha value is -1.15. The highest BCUT2D eigenvalue weighted by Gasteiger charge is 2.04. The summed E-state index contributed by atoms with van der Waals surface area (Å²) in [6.07, 6.45) is 2.17. The highest BCUT2D eigenvalue weighted by atomic mass is 127. The van der Waals surface area contributed by atoms with E-state index in [4.69, 9.17) is 0 Å². The van der Waals surface area contributed by atoms with E-state index in [9.17, 15) is 0 Å². The number of benzene rings is 1. The molecule has 2 rings (SSSR count). The van der Waals surface area contributed by atoms with Crippen molar-refractivity contribution < 1.29 is 0 Å². The Morgan fingerprint density at radius 2 is 1.92 bits per heavy atom. The molecule has 0 unspecified atom stereocenters. The second-order valence-corrected chi connectivity index (χ2v) is 6.74. The number of rotatable bonds is 7. The normalized spacial score (nSPS) is 11.0. The minimum absolute atomic E-state index is 0. The highest BCUT2D eigenvalue weighted by molar-refractivity contribution is 14.0. The van der Waals surface area contributed by atoms with Crippen LogP contribution in [-0.4, -0.2) is 24.0 Å². The van der Waals surface area contributed by atoms with E-state index in [1.165, 1.54) is 10.4 Å². The summed E-state index contributed by atoms with van der Waals surface area (Å²) in [5.41, 5.74) is 2.48. The van der Waals surface area contributed by atoms with Crippen molar-refractivity contribution in [3.05, 3.63) is 51.5 Å². The number of nitrogens with zero attached hydrogens (tertiary/aromatic N) is 2. The lowest BCUT2D eigenvalue weighted by Gasteiger charge is -2.11. The van der Waals surface area contributed by atoms with Crippen molar-refractivity contribution in [3.8, 4) is 0 Å². The van der Waals surface area contributed by atoms with Crippen LogP contribution in [0.2, 0.25) is 0 Å². The van der Waals surface area contributed by atoms with Crippen LogP contribution in [0.1, 0.15) is 34.5 Å².